The molecule has 0 aliphatic carbocycles. The lowest BCUT2D eigenvalue weighted by Gasteiger charge is -1.82. The maximum atomic E-state index is 8.63. The molecule has 0 saturated heterocycles. The number of para-hydroxylation sites is 1. The predicted molar refractivity (Wildman–Crippen MR) is 39.7 cm³/mol. The van der Waals surface area contributed by atoms with Crippen LogP contribution in [-0.4, -0.2) is 13.0 Å². The Kier molecular flexibility index (Phi) is 4.69. The van der Waals surface area contributed by atoms with Gasteiger partial charge in [0.1, 0.15) is 5.75 Å². The fraction of sp³-hybridized carbons (Fsp3) is 0.143. The van der Waals surface area contributed by atoms with E-state index in [1.807, 2.05) is 6.07 Å². The Balaban J connectivity index is 0.000000291. The maximum absolute atomic E-state index is 8.63. The van der Waals surface area contributed by atoms with E-state index in [4.69, 9.17) is 5.11 Å². The Morgan fingerprint density at radius 3 is 1.78 bits per heavy atom. The topological polar surface area (TPSA) is 20.2 Å². The van der Waals surface area contributed by atoms with Crippen LogP contribution in [0.15, 0.2) is 30.3 Å². The third-order valence-electron chi connectivity index (χ3n) is 0.756. The first kappa shape index (κ1) is 8.08. The summed E-state index contributed by atoms with van der Waals surface area (Å²) in [6.45, 7) is 1.50. The van der Waals surface area contributed by atoms with Gasteiger partial charge in [-0.25, -0.2) is 0 Å². The van der Waals surface area contributed by atoms with Crippen molar-refractivity contribution in [2.45, 2.75) is 6.82 Å². The fourth-order valence-electron chi connectivity index (χ4n) is 0.428. The van der Waals surface area contributed by atoms with Gasteiger partial charge >= 0.3 is 0 Å². The molecule has 0 amide bonds. The lowest BCUT2D eigenvalue weighted by molar-refractivity contribution is 0.475. The Labute approximate surface area is 56.7 Å². The van der Waals surface area contributed by atoms with Crippen molar-refractivity contribution >= 4 is 7.85 Å². The minimum absolute atomic E-state index is 0.322. The molecule has 0 fully saturated rings. The van der Waals surface area contributed by atoms with Crippen LogP contribution in [0.25, 0.3) is 0 Å². The number of phenolic OH excluding ortho intramolecular Hbond substituents is 1. The summed E-state index contributed by atoms with van der Waals surface area (Å²) in [6.07, 6.45) is 0. The zero-order chi connectivity index (χ0) is 7.11. The number of hydrogen-bond acceptors (Lipinski definition) is 1. The smallest absolute Gasteiger partial charge is 0.115 e. The van der Waals surface area contributed by atoms with Gasteiger partial charge in [0.15, 0.2) is 0 Å². The van der Waals surface area contributed by atoms with Gasteiger partial charge in [0, 0.05) is 0 Å². The monoisotopic (exact) mass is 120 g/mol. The second-order valence-electron chi connectivity index (χ2n) is 1.34. The highest BCUT2D eigenvalue weighted by molar-refractivity contribution is 6.05. The van der Waals surface area contributed by atoms with Crippen LogP contribution in [-0.2, 0) is 0 Å². The highest BCUT2D eigenvalue weighted by Gasteiger charge is 1.74. The first-order chi connectivity index (χ1) is 4.39. The minimum Gasteiger partial charge on any atom is -0.508 e. The molecule has 0 heterocycles. The van der Waals surface area contributed by atoms with Crippen molar-refractivity contribution < 1.29 is 5.11 Å². The number of aromatic hydroxyl groups is 1. The van der Waals surface area contributed by atoms with Crippen molar-refractivity contribution in [1.29, 1.82) is 0 Å². The third kappa shape index (κ3) is 3.65. The van der Waals surface area contributed by atoms with Gasteiger partial charge in [0.2, 0.25) is 0 Å². The summed E-state index contributed by atoms with van der Waals surface area (Å²) in [5.74, 6) is 0.322. The maximum Gasteiger partial charge on any atom is 0.115 e. The molecule has 0 aliphatic heterocycles. The molecule has 0 atom stereocenters. The van der Waals surface area contributed by atoms with Gasteiger partial charge in [-0.1, -0.05) is 25.0 Å². The molecule has 1 N–H and O–H groups in total. The lowest BCUT2D eigenvalue weighted by Crippen LogP contribution is -1.56. The van der Waals surface area contributed by atoms with Crippen LogP contribution in [0.2, 0.25) is 6.82 Å². The zero-order valence-corrected chi connectivity index (χ0v) is 5.41. The fourth-order valence-corrected chi connectivity index (χ4v) is 0.428. The van der Waals surface area contributed by atoms with Crippen molar-refractivity contribution in [1.82, 2.24) is 0 Å². The van der Waals surface area contributed by atoms with Gasteiger partial charge in [-0.3, -0.25) is 0 Å². The van der Waals surface area contributed by atoms with Crippen molar-refractivity contribution in [2.24, 2.45) is 0 Å². The number of benzene rings is 1. The summed E-state index contributed by atoms with van der Waals surface area (Å²) in [5.41, 5.74) is 0. The van der Waals surface area contributed by atoms with Crippen LogP contribution in [0, 0.1) is 0 Å². The Hall–Kier alpha value is -0.915. The molecule has 1 nitrogen and oxygen atoms in total. The quantitative estimate of drug-likeness (QED) is 0.515. The van der Waals surface area contributed by atoms with E-state index in [0.717, 1.165) is 0 Å². The molecule has 0 aliphatic rings. The molecule has 0 unspecified atom stereocenters. The van der Waals surface area contributed by atoms with Crippen LogP contribution in [0.5, 0.6) is 5.75 Å². The van der Waals surface area contributed by atoms with E-state index >= 15 is 0 Å². The molecular formula is C7H9BO. The average Bonchev–Trinajstić information content (AvgIpc) is 1.94. The largest absolute Gasteiger partial charge is 0.508 e. The summed E-state index contributed by atoms with van der Waals surface area (Å²) >= 11 is 0. The van der Waals surface area contributed by atoms with E-state index in [9.17, 15) is 0 Å². The molecule has 0 bridgehead atoms. The second-order valence-corrected chi connectivity index (χ2v) is 1.34. The van der Waals surface area contributed by atoms with Crippen LogP contribution in [0.3, 0.4) is 0 Å². The zero-order valence-electron chi connectivity index (χ0n) is 5.41. The van der Waals surface area contributed by atoms with Gasteiger partial charge in [-0.2, -0.15) is 0 Å². The molecule has 2 radical (unpaired) electrons. The molecule has 9 heavy (non-hydrogen) atoms. The van der Waals surface area contributed by atoms with Gasteiger partial charge < -0.3 is 5.11 Å². The van der Waals surface area contributed by atoms with Crippen LogP contribution >= 0.6 is 0 Å². The molecule has 0 saturated carbocycles. The standard InChI is InChI=1S/C6H6O.CH3B/c7-6-4-2-1-3-5-6;1-2/h1-5,7H;1H3. The third-order valence-corrected chi connectivity index (χ3v) is 0.756. The summed E-state index contributed by atoms with van der Waals surface area (Å²) in [6, 6.07) is 8.71. The molecule has 2 heteroatoms. The normalized spacial score (nSPS) is 7.22. The molecule has 1 aromatic carbocycles. The van der Waals surface area contributed by atoms with E-state index in [1.165, 1.54) is 6.82 Å². The lowest BCUT2D eigenvalue weighted by atomic mass is 10.2. The molecular weight excluding hydrogens is 111 g/mol. The Bertz CT molecular complexity index is 139. The summed E-state index contributed by atoms with van der Waals surface area (Å²) in [7, 11) is 4.50. The molecule has 0 aromatic heterocycles. The van der Waals surface area contributed by atoms with E-state index in [-0.39, 0.29) is 0 Å². The summed E-state index contributed by atoms with van der Waals surface area (Å²) < 4.78 is 0. The average molecular weight is 120 g/mol. The van der Waals surface area contributed by atoms with E-state index in [0.29, 0.717) is 5.75 Å². The number of rotatable bonds is 0. The van der Waals surface area contributed by atoms with Crippen molar-refractivity contribution in [3.63, 3.8) is 0 Å². The van der Waals surface area contributed by atoms with E-state index < -0.39 is 0 Å². The van der Waals surface area contributed by atoms with Gasteiger partial charge in [-0.05, 0) is 12.1 Å². The van der Waals surface area contributed by atoms with E-state index in [1.54, 1.807) is 24.3 Å². The summed E-state index contributed by atoms with van der Waals surface area (Å²) in [4.78, 5) is 0. The highest BCUT2D eigenvalue weighted by atomic mass is 16.3. The SMILES string of the molecule is Oc1ccccc1.[B]C. The summed E-state index contributed by atoms with van der Waals surface area (Å²) in [5, 5.41) is 8.63. The van der Waals surface area contributed by atoms with Gasteiger partial charge in [0.05, 0.1) is 7.85 Å². The second kappa shape index (κ2) is 5.23. The molecule has 1 rings (SSSR count). The van der Waals surface area contributed by atoms with Crippen molar-refractivity contribution in [2.75, 3.05) is 0 Å². The molecule has 0 spiro atoms. The van der Waals surface area contributed by atoms with Crippen LogP contribution < -0.4 is 0 Å². The molecule has 1 aromatic rings. The Morgan fingerprint density at radius 1 is 1.11 bits per heavy atom. The Morgan fingerprint density at radius 2 is 1.56 bits per heavy atom. The first-order valence-corrected chi connectivity index (χ1v) is 2.71. The van der Waals surface area contributed by atoms with Gasteiger partial charge in [0.25, 0.3) is 0 Å². The van der Waals surface area contributed by atoms with E-state index in [2.05, 4.69) is 7.85 Å². The molecule has 46 valence electrons. The van der Waals surface area contributed by atoms with Crippen molar-refractivity contribution in [3.8, 4) is 5.75 Å². The minimum atomic E-state index is 0.322. The predicted octanol–water partition coefficient (Wildman–Crippen LogP) is 1.60. The van der Waals surface area contributed by atoms with Gasteiger partial charge in [-0.15, -0.1) is 0 Å². The van der Waals surface area contributed by atoms with Crippen LogP contribution in [0.1, 0.15) is 0 Å². The van der Waals surface area contributed by atoms with Crippen LogP contribution in [0.4, 0.5) is 0 Å². The van der Waals surface area contributed by atoms with Crippen molar-refractivity contribution in [3.05, 3.63) is 30.3 Å². The number of phenols is 1. The first-order valence-electron chi connectivity index (χ1n) is 2.71. The number of hydrogen-bond donors (Lipinski definition) is 1. The highest BCUT2D eigenvalue weighted by Crippen LogP contribution is 2.02.